The third kappa shape index (κ3) is 2.47. The number of hydrogen-bond donors (Lipinski definition) is 0. The Balaban J connectivity index is 1.56. The van der Waals surface area contributed by atoms with Crippen LogP contribution in [0, 0.1) is 5.41 Å². The first-order valence-electron chi connectivity index (χ1n) is 8.98. The van der Waals surface area contributed by atoms with Gasteiger partial charge < -0.3 is 14.2 Å². The molecule has 23 heavy (non-hydrogen) atoms. The van der Waals surface area contributed by atoms with Crippen LogP contribution in [0.4, 0.5) is 0 Å². The topological polar surface area (TPSA) is 60.2 Å². The van der Waals surface area contributed by atoms with Crippen molar-refractivity contribution in [3.8, 4) is 0 Å². The van der Waals surface area contributed by atoms with E-state index in [1.165, 1.54) is 19.3 Å². The van der Waals surface area contributed by atoms with Gasteiger partial charge in [0, 0.05) is 38.6 Å². The van der Waals surface area contributed by atoms with Gasteiger partial charge in [-0.25, -0.2) is 0 Å². The molecule has 1 aliphatic carbocycles. The van der Waals surface area contributed by atoms with Gasteiger partial charge in [-0.15, -0.1) is 10.2 Å². The molecule has 126 valence electrons. The molecule has 4 rings (SSSR count). The molecule has 2 fully saturated rings. The fourth-order valence-electron chi connectivity index (χ4n) is 4.88. The predicted molar refractivity (Wildman–Crippen MR) is 85.2 cm³/mol. The Morgan fingerprint density at radius 1 is 1.17 bits per heavy atom. The Kier molecular flexibility index (Phi) is 3.87. The second-order valence-electron chi connectivity index (χ2n) is 7.36. The molecule has 0 bridgehead atoms. The van der Waals surface area contributed by atoms with Crippen molar-refractivity contribution in [1.29, 1.82) is 0 Å². The van der Waals surface area contributed by atoms with Gasteiger partial charge in [-0.05, 0) is 38.5 Å². The second-order valence-corrected chi connectivity index (χ2v) is 7.36. The molecule has 6 nitrogen and oxygen atoms in total. The normalized spacial score (nSPS) is 30.7. The number of aryl methyl sites for hydroxylation is 1. The molecule has 2 atom stereocenters. The Labute approximate surface area is 137 Å². The van der Waals surface area contributed by atoms with E-state index in [4.69, 9.17) is 4.74 Å². The number of hydrogen-bond acceptors (Lipinski definition) is 4. The van der Waals surface area contributed by atoms with Gasteiger partial charge in [0.15, 0.2) is 0 Å². The number of nitrogens with zero attached hydrogens (tertiary/aromatic N) is 4. The first kappa shape index (κ1) is 15.1. The van der Waals surface area contributed by atoms with Gasteiger partial charge in [0.05, 0.1) is 6.10 Å². The Morgan fingerprint density at radius 2 is 2.04 bits per heavy atom. The number of piperidine rings is 1. The largest absolute Gasteiger partial charge is 0.381 e. The molecule has 3 aliphatic rings. The molecular formula is C17H26N4O2. The van der Waals surface area contributed by atoms with Gasteiger partial charge in [-0.2, -0.15) is 0 Å². The van der Waals surface area contributed by atoms with Crippen LogP contribution in [-0.4, -0.2) is 51.9 Å². The highest BCUT2D eigenvalue weighted by atomic mass is 16.5. The summed E-state index contributed by atoms with van der Waals surface area (Å²) in [5.41, 5.74) is 0.160. The molecule has 1 spiro atoms. The van der Waals surface area contributed by atoms with E-state index in [1.54, 1.807) is 0 Å². The van der Waals surface area contributed by atoms with Gasteiger partial charge in [0.25, 0.3) is 5.91 Å². The van der Waals surface area contributed by atoms with Crippen molar-refractivity contribution in [2.45, 2.75) is 64.0 Å². The van der Waals surface area contributed by atoms with Gasteiger partial charge in [0.2, 0.25) is 5.82 Å². The van der Waals surface area contributed by atoms with Crippen molar-refractivity contribution in [3.63, 3.8) is 0 Å². The number of likely N-dealkylation sites (tertiary alicyclic amines) is 1. The van der Waals surface area contributed by atoms with Crippen molar-refractivity contribution in [2.24, 2.45) is 5.41 Å². The minimum Gasteiger partial charge on any atom is -0.381 e. The summed E-state index contributed by atoms with van der Waals surface area (Å²) in [6.45, 7) is 2.52. The van der Waals surface area contributed by atoms with E-state index < -0.39 is 0 Å². The lowest BCUT2D eigenvalue weighted by molar-refractivity contribution is -0.0299. The average Bonchev–Trinajstić information content (AvgIpc) is 3.18. The zero-order valence-electron chi connectivity index (χ0n) is 14.0. The van der Waals surface area contributed by atoms with Crippen LogP contribution in [0.3, 0.4) is 0 Å². The summed E-state index contributed by atoms with van der Waals surface area (Å²) in [5, 5.41) is 8.45. The summed E-state index contributed by atoms with van der Waals surface area (Å²) in [5.74, 6) is 1.58. The van der Waals surface area contributed by atoms with Crippen LogP contribution < -0.4 is 0 Å². The molecule has 1 saturated heterocycles. The fraction of sp³-hybridized carbons (Fsp3) is 0.824. The van der Waals surface area contributed by atoms with Crippen LogP contribution in [0.5, 0.6) is 0 Å². The predicted octanol–water partition coefficient (Wildman–Crippen LogP) is 2.04. The van der Waals surface area contributed by atoms with Gasteiger partial charge in [-0.1, -0.05) is 6.42 Å². The van der Waals surface area contributed by atoms with E-state index in [0.717, 1.165) is 57.6 Å². The highest BCUT2D eigenvalue weighted by Gasteiger charge is 2.47. The number of ether oxygens (including phenoxy) is 1. The van der Waals surface area contributed by atoms with Gasteiger partial charge in [0.1, 0.15) is 5.82 Å². The van der Waals surface area contributed by atoms with Crippen LogP contribution in [0.15, 0.2) is 0 Å². The van der Waals surface area contributed by atoms with E-state index in [-0.39, 0.29) is 11.3 Å². The second kappa shape index (κ2) is 5.89. The van der Waals surface area contributed by atoms with Gasteiger partial charge in [-0.3, -0.25) is 4.79 Å². The Bertz CT molecular complexity index is 599. The monoisotopic (exact) mass is 318 g/mol. The highest BCUT2D eigenvalue weighted by Crippen LogP contribution is 2.46. The van der Waals surface area contributed by atoms with Crippen LogP contribution in [0.2, 0.25) is 0 Å². The molecule has 6 heteroatoms. The van der Waals surface area contributed by atoms with Crippen molar-refractivity contribution in [1.82, 2.24) is 19.7 Å². The number of carbonyl (C=O) groups is 1. The fourth-order valence-corrected chi connectivity index (χ4v) is 4.88. The van der Waals surface area contributed by atoms with E-state index in [0.29, 0.717) is 11.9 Å². The summed E-state index contributed by atoms with van der Waals surface area (Å²) in [6.07, 6.45) is 9.24. The maximum absolute atomic E-state index is 13.0. The number of rotatable bonds is 2. The van der Waals surface area contributed by atoms with Crippen LogP contribution in [0.25, 0.3) is 0 Å². The van der Waals surface area contributed by atoms with Crippen molar-refractivity contribution in [3.05, 3.63) is 11.6 Å². The molecule has 1 saturated carbocycles. The Hall–Kier alpha value is -1.43. The minimum atomic E-state index is 0.0616. The van der Waals surface area contributed by atoms with Gasteiger partial charge >= 0.3 is 0 Å². The molecule has 1 amide bonds. The smallest absolute Gasteiger partial charge is 0.291 e. The number of amides is 1. The van der Waals surface area contributed by atoms with Crippen LogP contribution >= 0.6 is 0 Å². The summed E-state index contributed by atoms with van der Waals surface area (Å²) in [4.78, 5) is 15.0. The molecule has 2 aliphatic heterocycles. The molecule has 1 aromatic heterocycles. The van der Waals surface area contributed by atoms with Crippen molar-refractivity contribution < 1.29 is 9.53 Å². The number of carbonyl (C=O) groups excluding carboxylic acids is 1. The van der Waals surface area contributed by atoms with E-state index in [1.807, 2.05) is 16.6 Å². The molecule has 3 heterocycles. The maximum Gasteiger partial charge on any atom is 0.291 e. The summed E-state index contributed by atoms with van der Waals surface area (Å²) >= 11 is 0. The SMILES string of the molecule is CO[C@@H]1CCC[C@]12CCCN(C(=O)c1nnc3n1CCCC3)C2. The highest BCUT2D eigenvalue weighted by molar-refractivity contribution is 5.91. The lowest BCUT2D eigenvalue weighted by atomic mass is 9.76. The molecule has 1 aromatic rings. The third-order valence-corrected chi connectivity index (χ3v) is 6.05. The van der Waals surface area contributed by atoms with Crippen molar-refractivity contribution >= 4 is 5.91 Å². The lowest BCUT2D eigenvalue weighted by Gasteiger charge is -2.43. The molecular weight excluding hydrogens is 292 g/mol. The molecule has 0 unspecified atom stereocenters. The quantitative estimate of drug-likeness (QED) is 0.837. The first-order chi connectivity index (χ1) is 11.2. The van der Waals surface area contributed by atoms with E-state index in [9.17, 15) is 4.79 Å². The summed E-state index contributed by atoms with van der Waals surface area (Å²) < 4.78 is 7.78. The van der Waals surface area contributed by atoms with E-state index in [2.05, 4.69) is 10.2 Å². The maximum atomic E-state index is 13.0. The van der Waals surface area contributed by atoms with E-state index >= 15 is 0 Å². The third-order valence-electron chi connectivity index (χ3n) is 6.05. The lowest BCUT2D eigenvalue weighted by Crippen LogP contribution is -2.50. The number of aromatic nitrogens is 3. The summed E-state index contributed by atoms with van der Waals surface area (Å²) in [7, 11) is 1.81. The average molecular weight is 318 g/mol. The van der Waals surface area contributed by atoms with Crippen LogP contribution in [-0.2, 0) is 17.7 Å². The first-order valence-corrected chi connectivity index (χ1v) is 8.98. The molecule has 0 aromatic carbocycles. The van der Waals surface area contributed by atoms with Crippen LogP contribution in [0.1, 0.15) is 61.4 Å². The Morgan fingerprint density at radius 3 is 2.91 bits per heavy atom. The molecule has 0 radical (unpaired) electrons. The number of methoxy groups -OCH3 is 1. The van der Waals surface area contributed by atoms with Crippen molar-refractivity contribution in [2.75, 3.05) is 20.2 Å². The summed E-state index contributed by atoms with van der Waals surface area (Å²) in [6, 6.07) is 0. The zero-order chi connectivity index (χ0) is 15.9. The number of fused-ring (bicyclic) bond motifs is 1. The minimum absolute atomic E-state index is 0.0616. The zero-order valence-corrected chi connectivity index (χ0v) is 14.0. The molecule has 0 N–H and O–H groups in total. The standard InChI is InChI=1S/C17H26N4O2/c1-23-13-6-4-8-17(13)9-5-10-20(12-17)16(22)15-19-18-14-7-2-3-11-21(14)15/h13H,2-12H2,1H3/t13-,17-/m1/s1.